The van der Waals surface area contributed by atoms with Gasteiger partial charge in [-0.1, -0.05) is 42.1 Å². The zero-order valence-electron chi connectivity index (χ0n) is 15.2. The Balaban J connectivity index is 1.47. The lowest BCUT2D eigenvalue weighted by Gasteiger charge is -2.09. The van der Waals surface area contributed by atoms with E-state index < -0.39 is 16.1 Å². The molecule has 2 N–H and O–H groups in total. The molecule has 0 aliphatic carbocycles. The van der Waals surface area contributed by atoms with Crippen molar-refractivity contribution in [2.45, 2.75) is 17.4 Å². The Hall–Kier alpha value is -3.66. The van der Waals surface area contributed by atoms with Crippen LogP contribution in [0.1, 0.15) is 6.92 Å². The number of hydrogen-bond acceptors (Lipinski definition) is 7. The van der Waals surface area contributed by atoms with Crippen LogP contribution in [0.25, 0.3) is 22.4 Å². The average Bonchev–Trinajstić information content (AvgIpc) is 3.34. The highest BCUT2D eigenvalue weighted by Crippen LogP contribution is 2.31. The van der Waals surface area contributed by atoms with Gasteiger partial charge in [-0.15, -0.1) is 10.2 Å². The lowest BCUT2D eigenvalue weighted by molar-refractivity contribution is -0.383. The molecule has 1 amide bonds. The smallest absolute Gasteiger partial charge is 0.292 e. The molecule has 9 nitrogen and oxygen atoms in total. The maximum Gasteiger partial charge on any atom is 0.292 e. The van der Waals surface area contributed by atoms with Crippen molar-refractivity contribution in [2.24, 2.45) is 0 Å². The molecule has 2 heterocycles. The number of aromatic amines is 1. The van der Waals surface area contributed by atoms with E-state index >= 15 is 0 Å². The Bertz CT molecular complexity index is 1200. The van der Waals surface area contributed by atoms with Crippen LogP contribution in [0, 0.1) is 10.1 Å². The van der Waals surface area contributed by atoms with Crippen LogP contribution in [0.15, 0.2) is 64.4 Å². The molecule has 0 aliphatic heterocycles. The second kappa shape index (κ2) is 7.76. The van der Waals surface area contributed by atoms with Crippen molar-refractivity contribution in [1.29, 1.82) is 0 Å². The van der Waals surface area contributed by atoms with Crippen LogP contribution >= 0.6 is 11.8 Å². The monoisotopic (exact) mass is 409 g/mol. The third-order valence-corrected chi connectivity index (χ3v) is 5.17. The van der Waals surface area contributed by atoms with Crippen LogP contribution in [-0.2, 0) is 4.79 Å². The third kappa shape index (κ3) is 3.83. The summed E-state index contributed by atoms with van der Waals surface area (Å²) < 4.78 is 5.70. The summed E-state index contributed by atoms with van der Waals surface area (Å²) in [5.74, 6) is -0.0626. The topological polar surface area (TPSA) is 127 Å². The first-order chi connectivity index (χ1) is 14.0. The lowest BCUT2D eigenvalue weighted by atomic mass is 10.2. The fourth-order valence-corrected chi connectivity index (χ4v) is 3.48. The summed E-state index contributed by atoms with van der Waals surface area (Å²) in [5, 5.41) is 22.3. The number of benzene rings is 2. The van der Waals surface area contributed by atoms with E-state index in [0.717, 1.165) is 28.2 Å². The maximum atomic E-state index is 12.5. The van der Waals surface area contributed by atoms with Crippen LogP contribution in [0.5, 0.6) is 0 Å². The number of aromatic nitrogens is 3. The molecule has 2 aromatic carbocycles. The number of H-pyrrole nitrogens is 1. The fourth-order valence-electron chi connectivity index (χ4n) is 2.79. The Morgan fingerprint density at radius 1 is 1.21 bits per heavy atom. The highest BCUT2D eigenvalue weighted by Gasteiger charge is 2.22. The number of thioether (sulfide) groups is 1. The van der Waals surface area contributed by atoms with Crippen LogP contribution < -0.4 is 5.32 Å². The molecule has 0 bridgehead atoms. The van der Waals surface area contributed by atoms with Gasteiger partial charge >= 0.3 is 0 Å². The van der Waals surface area contributed by atoms with Gasteiger partial charge in [0.2, 0.25) is 5.91 Å². The lowest BCUT2D eigenvalue weighted by Crippen LogP contribution is -2.22. The van der Waals surface area contributed by atoms with Crippen LogP contribution in [0.2, 0.25) is 0 Å². The van der Waals surface area contributed by atoms with E-state index in [1.54, 1.807) is 19.2 Å². The number of anilines is 1. The summed E-state index contributed by atoms with van der Waals surface area (Å²) in [5.41, 5.74) is 1.70. The fraction of sp³-hybridized carbons (Fsp3) is 0.105. The predicted octanol–water partition coefficient (Wildman–Crippen LogP) is 4.25. The van der Waals surface area contributed by atoms with Crippen molar-refractivity contribution < 1.29 is 14.1 Å². The quantitative estimate of drug-likeness (QED) is 0.277. The first kappa shape index (κ1) is 18.7. The first-order valence-corrected chi connectivity index (χ1v) is 9.52. The molecule has 0 radical (unpaired) electrons. The number of nitro benzene ring substituents is 1. The number of nitrogens with zero attached hydrogens (tertiary/aromatic N) is 3. The van der Waals surface area contributed by atoms with Gasteiger partial charge in [0.05, 0.1) is 15.7 Å². The number of para-hydroxylation sites is 3. The standard InChI is InChI=1S/C19H15N5O4S/c1-11(17(25)21-15-8-4-5-9-16(15)24(26)27)29-19-23-22-18(28-19)13-10-20-14-7-3-2-6-12(13)14/h2-11,20H,1H3,(H,21,25)/t11-/m0/s1. The molecule has 0 fully saturated rings. The Morgan fingerprint density at radius 2 is 1.97 bits per heavy atom. The Labute approximate surface area is 168 Å². The van der Waals surface area contributed by atoms with Crippen LogP contribution in [0.3, 0.4) is 0 Å². The summed E-state index contributed by atoms with van der Waals surface area (Å²) in [4.78, 5) is 26.1. The molecule has 2 aromatic heterocycles. The predicted molar refractivity (Wildman–Crippen MR) is 109 cm³/mol. The summed E-state index contributed by atoms with van der Waals surface area (Å²) in [7, 11) is 0. The molecular formula is C19H15N5O4S. The van der Waals surface area contributed by atoms with Gasteiger partial charge in [-0.05, 0) is 19.1 Å². The number of rotatable bonds is 6. The van der Waals surface area contributed by atoms with E-state index in [1.165, 1.54) is 18.2 Å². The van der Waals surface area contributed by atoms with E-state index in [2.05, 4.69) is 20.5 Å². The van der Waals surface area contributed by atoms with Crippen molar-refractivity contribution in [1.82, 2.24) is 15.2 Å². The van der Waals surface area contributed by atoms with Gasteiger partial charge in [0.15, 0.2) is 0 Å². The zero-order chi connectivity index (χ0) is 20.4. The van der Waals surface area contributed by atoms with E-state index in [-0.39, 0.29) is 16.6 Å². The summed E-state index contributed by atoms with van der Waals surface area (Å²) >= 11 is 1.08. The number of carbonyl (C=O) groups is 1. The van der Waals surface area contributed by atoms with Crippen molar-refractivity contribution >= 4 is 39.9 Å². The minimum atomic E-state index is -0.605. The van der Waals surface area contributed by atoms with Crippen molar-refractivity contribution in [3.8, 4) is 11.5 Å². The molecule has 0 aliphatic rings. The second-order valence-electron chi connectivity index (χ2n) is 6.14. The normalized spacial score (nSPS) is 12.0. The van der Waals surface area contributed by atoms with Gasteiger partial charge in [-0.2, -0.15) is 0 Å². The molecule has 0 saturated carbocycles. The number of nitro groups is 1. The van der Waals surface area contributed by atoms with E-state index in [0.29, 0.717) is 5.89 Å². The molecule has 0 unspecified atom stereocenters. The summed E-state index contributed by atoms with van der Waals surface area (Å²) in [6.07, 6.45) is 1.79. The second-order valence-corrected chi connectivity index (χ2v) is 7.44. The van der Waals surface area contributed by atoms with Crippen molar-refractivity contribution in [2.75, 3.05) is 5.32 Å². The highest BCUT2D eigenvalue weighted by atomic mass is 32.2. The molecule has 146 valence electrons. The number of carbonyl (C=O) groups excluding carboxylic acids is 1. The Kier molecular flexibility index (Phi) is 5.00. The minimum absolute atomic E-state index is 0.139. The van der Waals surface area contributed by atoms with Crippen molar-refractivity contribution in [3.05, 3.63) is 64.8 Å². The molecule has 0 saturated heterocycles. The van der Waals surface area contributed by atoms with Crippen LogP contribution in [-0.4, -0.2) is 31.3 Å². The molecule has 29 heavy (non-hydrogen) atoms. The minimum Gasteiger partial charge on any atom is -0.411 e. The van der Waals surface area contributed by atoms with Gasteiger partial charge in [0.1, 0.15) is 5.69 Å². The number of fused-ring (bicyclic) bond motifs is 1. The number of amides is 1. The van der Waals surface area contributed by atoms with Gasteiger partial charge in [-0.3, -0.25) is 14.9 Å². The van der Waals surface area contributed by atoms with E-state index in [4.69, 9.17) is 4.42 Å². The zero-order valence-corrected chi connectivity index (χ0v) is 16.0. The SMILES string of the molecule is C[C@H](Sc1nnc(-c2c[nH]c3ccccc23)o1)C(=O)Nc1ccccc1[N+](=O)[O-]. The highest BCUT2D eigenvalue weighted by molar-refractivity contribution is 8.00. The van der Waals surface area contributed by atoms with Gasteiger partial charge in [0, 0.05) is 23.2 Å². The summed E-state index contributed by atoms with van der Waals surface area (Å²) in [6, 6.07) is 13.7. The van der Waals surface area contributed by atoms with E-state index in [9.17, 15) is 14.9 Å². The molecule has 10 heteroatoms. The van der Waals surface area contributed by atoms with Crippen LogP contribution in [0.4, 0.5) is 11.4 Å². The van der Waals surface area contributed by atoms with Crippen molar-refractivity contribution in [3.63, 3.8) is 0 Å². The number of nitrogens with one attached hydrogen (secondary N) is 2. The average molecular weight is 409 g/mol. The molecular weight excluding hydrogens is 394 g/mol. The summed E-state index contributed by atoms with van der Waals surface area (Å²) in [6.45, 7) is 1.66. The van der Waals surface area contributed by atoms with E-state index in [1.807, 2.05) is 24.3 Å². The van der Waals surface area contributed by atoms with Gasteiger partial charge < -0.3 is 14.7 Å². The molecule has 1 atom stereocenters. The van der Waals surface area contributed by atoms with Gasteiger partial charge in [0.25, 0.3) is 16.8 Å². The number of hydrogen-bond donors (Lipinski definition) is 2. The Morgan fingerprint density at radius 3 is 2.79 bits per heavy atom. The first-order valence-electron chi connectivity index (χ1n) is 8.64. The van der Waals surface area contributed by atoms with Gasteiger partial charge in [-0.25, -0.2) is 0 Å². The largest absolute Gasteiger partial charge is 0.411 e. The maximum absolute atomic E-state index is 12.5. The molecule has 4 rings (SSSR count). The molecule has 4 aromatic rings. The third-order valence-electron chi connectivity index (χ3n) is 4.23. The molecule has 0 spiro atoms.